The molecule has 0 amide bonds. The largest absolute Gasteiger partial charge is 0.394 e. The first kappa shape index (κ1) is 26.0. The zero-order valence-corrected chi connectivity index (χ0v) is 20.0. The van der Waals surface area contributed by atoms with Crippen molar-refractivity contribution in [1.29, 1.82) is 0 Å². The van der Waals surface area contributed by atoms with E-state index in [-0.39, 0.29) is 28.7 Å². The molecule has 1 aliphatic rings. The molecule has 0 aliphatic carbocycles. The van der Waals surface area contributed by atoms with Crippen molar-refractivity contribution in [2.45, 2.75) is 38.4 Å². The number of nitrogens with zero attached hydrogens (tertiary/aromatic N) is 6. The van der Waals surface area contributed by atoms with E-state index in [1.807, 2.05) is 18.7 Å². The van der Waals surface area contributed by atoms with E-state index < -0.39 is 41.6 Å². The Hall–Kier alpha value is -4.12. The van der Waals surface area contributed by atoms with Crippen molar-refractivity contribution in [2.75, 3.05) is 35.8 Å². The van der Waals surface area contributed by atoms with Gasteiger partial charge < -0.3 is 30.7 Å². The molecule has 37 heavy (non-hydrogen) atoms. The number of ether oxygens (including phenoxy) is 1. The Morgan fingerprint density at radius 3 is 2.68 bits per heavy atom. The van der Waals surface area contributed by atoms with Crippen molar-refractivity contribution in [3.8, 4) is 0 Å². The molecular weight excluding hydrogens is 490 g/mol. The van der Waals surface area contributed by atoms with Crippen LogP contribution in [0.25, 0.3) is 11.2 Å². The van der Waals surface area contributed by atoms with Crippen LogP contribution >= 0.6 is 0 Å². The molecule has 7 N–H and O–H groups in total. The third-order valence-electron chi connectivity index (χ3n) is 6.02. The zero-order chi connectivity index (χ0) is 26.9. The summed E-state index contributed by atoms with van der Waals surface area (Å²) in [6.07, 6.45) is -4.01. The number of H-pyrrole nitrogens is 1. The molecule has 0 spiro atoms. The normalized spacial score (nSPS) is 21.6. The molecule has 0 radical (unpaired) electrons. The fraction of sp³-hybridized carbons (Fsp3) is 0.429. The summed E-state index contributed by atoms with van der Waals surface area (Å²) >= 11 is 0. The van der Waals surface area contributed by atoms with Gasteiger partial charge in [-0.05, 0) is 19.9 Å². The summed E-state index contributed by atoms with van der Waals surface area (Å²) in [6.45, 7) is 4.43. The van der Waals surface area contributed by atoms with Crippen LogP contribution in [0.5, 0.6) is 0 Å². The Kier molecular flexibility index (Phi) is 7.35. The topological polar surface area (TPSA) is 230 Å². The first-order valence-corrected chi connectivity index (χ1v) is 11.4. The Balaban J connectivity index is 1.71. The lowest BCUT2D eigenvalue weighted by molar-refractivity contribution is -0.384. The second-order valence-corrected chi connectivity index (χ2v) is 8.21. The number of nitrogens with two attached hydrogens (primary N) is 1. The van der Waals surface area contributed by atoms with Gasteiger partial charge in [0, 0.05) is 24.7 Å². The van der Waals surface area contributed by atoms with Crippen LogP contribution in [-0.2, 0) is 4.74 Å². The fourth-order valence-corrected chi connectivity index (χ4v) is 4.18. The van der Waals surface area contributed by atoms with Crippen LogP contribution in [0.3, 0.4) is 0 Å². The summed E-state index contributed by atoms with van der Waals surface area (Å²) in [5.41, 5.74) is 8.23. The predicted octanol–water partition coefficient (Wildman–Crippen LogP) is -0.486. The van der Waals surface area contributed by atoms with E-state index in [1.54, 1.807) is 12.1 Å². The average Bonchev–Trinajstić information content (AvgIpc) is 3.36. The van der Waals surface area contributed by atoms with Gasteiger partial charge in [-0.2, -0.15) is 10.1 Å². The number of imidazole rings is 1. The number of rotatable bonds is 9. The number of nitrogens with one attached hydrogen (secondary N) is 2. The molecule has 3 aromatic rings. The summed E-state index contributed by atoms with van der Waals surface area (Å²) in [5.74, 6) is -0.319. The van der Waals surface area contributed by atoms with Gasteiger partial charge in [-0.25, -0.2) is 10.4 Å². The van der Waals surface area contributed by atoms with E-state index in [2.05, 4.69) is 25.5 Å². The van der Waals surface area contributed by atoms with Crippen molar-refractivity contribution in [1.82, 2.24) is 19.5 Å². The number of benzene rings is 1. The van der Waals surface area contributed by atoms with Crippen LogP contribution in [0.2, 0.25) is 0 Å². The Morgan fingerprint density at radius 2 is 2.05 bits per heavy atom. The lowest BCUT2D eigenvalue weighted by Crippen LogP contribution is -2.33. The minimum Gasteiger partial charge on any atom is -0.394 e. The molecule has 4 atom stereocenters. The number of hydrazone groups is 1. The van der Waals surface area contributed by atoms with Crippen molar-refractivity contribution in [2.24, 2.45) is 5.10 Å². The molecule has 0 saturated carbocycles. The van der Waals surface area contributed by atoms with Gasteiger partial charge in [0.1, 0.15) is 24.0 Å². The second kappa shape index (κ2) is 10.5. The summed E-state index contributed by atoms with van der Waals surface area (Å²) in [7, 11) is 0. The molecule has 16 heteroatoms. The predicted molar refractivity (Wildman–Crippen MR) is 133 cm³/mol. The molecule has 1 aromatic carbocycles. The minimum atomic E-state index is -1.50. The standard InChI is InChI=1S/C21H27N9O7/c1-3-28(4-2)11-6-5-10(7-12(11)30(35)36)8-23-27-21-24-14-17(25-20(22)26-18(14)34)29(21)19-16(33)15(32)13(9-31)37-19/h5-8,13,15-16,19,31-33H,3-4,9H2,1-2H3,(H,24,27)(H3,22,25,26,34)/b23-8-/t13-,15+,16+,19-/m0/s1. The number of hydrogen-bond donors (Lipinski definition) is 6. The summed E-state index contributed by atoms with van der Waals surface area (Å²) in [5, 5.41) is 45.9. The van der Waals surface area contributed by atoms with Gasteiger partial charge in [-0.15, -0.1) is 0 Å². The van der Waals surface area contributed by atoms with E-state index in [1.165, 1.54) is 16.8 Å². The molecule has 1 fully saturated rings. The quantitative estimate of drug-likeness (QED) is 0.120. The highest BCUT2D eigenvalue weighted by Crippen LogP contribution is 2.34. The molecule has 3 heterocycles. The maximum Gasteiger partial charge on any atom is 0.293 e. The Bertz CT molecular complexity index is 1380. The van der Waals surface area contributed by atoms with Gasteiger partial charge in [0.2, 0.25) is 11.9 Å². The molecule has 1 aliphatic heterocycles. The number of aliphatic hydroxyl groups excluding tert-OH is 3. The number of fused-ring (bicyclic) bond motifs is 1. The number of aliphatic hydroxyl groups is 3. The van der Waals surface area contributed by atoms with Gasteiger partial charge in [0.05, 0.1) is 17.7 Å². The molecule has 16 nitrogen and oxygen atoms in total. The van der Waals surface area contributed by atoms with Crippen LogP contribution in [0.15, 0.2) is 28.1 Å². The van der Waals surface area contributed by atoms with Crippen LogP contribution < -0.4 is 21.6 Å². The van der Waals surface area contributed by atoms with Crippen molar-refractivity contribution in [3.05, 3.63) is 44.2 Å². The average molecular weight is 518 g/mol. The number of anilines is 3. The number of nitro benzene ring substituents is 1. The number of nitro groups is 1. The molecule has 2 aromatic heterocycles. The van der Waals surface area contributed by atoms with Crippen LogP contribution in [0.1, 0.15) is 25.6 Å². The lowest BCUT2D eigenvalue weighted by atomic mass is 10.1. The van der Waals surface area contributed by atoms with Crippen molar-refractivity contribution < 1.29 is 25.0 Å². The maximum absolute atomic E-state index is 12.4. The highest BCUT2D eigenvalue weighted by atomic mass is 16.6. The van der Waals surface area contributed by atoms with E-state index >= 15 is 0 Å². The third kappa shape index (κ3) is 4.82. The molecule has 1 saturated heterocycles. The second-order valence-electron chi connectivity index (χ2n) is 8.21. The summed E-state index contributed by atoms with van der Waals surface area (Å²) in [4.78, 5) is 36.0. The maximum atomic E-state index is 12.4. The van der Waals surface area contributed by atoms with Gasteiger partial charge in [0.15, 0.2) is 17.4 Å². The highest BCUT2D eigenvalue weighted by Gasteiger charge is 2.45. The van der Waals surface area contributed by atoms with Crippen molar-refractivity contribution >= 4 is 40.6 Å². The van der Waals surface area contributed by atoms with E-state index in [0.29, 0.717) is 24.3 Å². The lowest BCUT2D eigenvalue weighted by Gasteiger charge is -2.20. The Morgan fingerprint density at radius 1 is 1.32 bits per heavy atom. The molecule has 0 unspecified atom stereocenters. The number of hydrogen-bond acceptors (Lipinski definition) is 13. The van der Waals surface area contributed by atoms with Gasteiger partial charge >= 0.3 is 0 Å². The number of aromatic nitrogens is 4. The van der Waals surface area contributed by atoms with Crippen LogP contribution in [0.4, 0.5) is 23.3 Å². The van der Waals surface area contributed by atoms with Crippen LogP contribution in [-0.4, -0.2) is 84.0 Å². The number of aromatic amines is 1. The van der Waals surface area contributed by atoms with Crippen LogP contribution in [0, 0.1) is 10.1 Å². The van der Waals surface area contributed by atoms with Gasteiger partial charge in [-0.3, -0.25) is 24.5 Å². The third-order valence-corrected chi connectivity index (χ3v) is 6.02. The summed E-state index contributed by atoms with van der Waals surface area (Å²) in [6, 6.07) is 4.67. The van der Waals surface area contributed by atoms with E-state index in [9.17, 15) is 30.2 Å². The van der Waals surface area contributed by atoms with Gasteiger partial charge in [-0.1, -0.05) is 6.07 Å². The smallest absolute Gasteiger partial charge is 0.293 e. The first-order valence-electron chi connectivity index (χ1n) is 11.4. The molecular formula is C21H27N9O7. The van der Waals surface area contributed by atoms with E-state index in [0.717, 1.165) is 0 Å². The van der Waals surface area contributed by atoms with Gasteiger partial charge in [0.25, 0.3) is 11.2 Å². The Labute approximate surface area is 209 Å². The first-order chi connectivity index (χ1) is 17.7. The minimum absolute atomic E-state index is 0.0620. The molecule has 0 bridgehead atoms. The zero-order valence-electron chi connectivity index (χ0n) is 20.0. The SMILES string of the molecule is CCN(CC)c1ccc(/C=N\Nc2nc3c(=O)[nH]c(N)nc3n2[C@H]2O[C@@H](CO)[C@@H](O)[C@H]2O)cc1[N+](=O)[O-]. The van der Waals surface area contributed by atoms with E-state index in [4.69, 9.17) is 10.5 Å². The highest BCUT2D eigenvalue weighted by molar-refractivity contribution is 5.84. The molecule has 198 valence electrons. The monoisotopic (exact) mass is 517 g/mol. The summed E-state index contributed by atoms with van der Waals surface area (Å²) < 4.78 is 6.77. The van der Waals surface area contributed by atoms with Crippen molar-refractivity contribution in [3.63, 3.8) is 0 Å². The number of nitrogen functional groups attached to an aromatic ring is 1. The fourth-order valence-electron chi connectivity index (χ4n) is 4.18. The molecule has 4 rings (SSSR count).